The molecule has 2 saturated heterocycles. The van der Waals surface area contributed by atoms with E-state index in [0.29, 0.717) is 22.2 Å². The number of carbonyl (C=O) groups is 2. The molecule has 0 saturated carbocycles. The van der Waals surface area contributed by atoms with Gasteiger partial charge in [0.2, 0.25) is 5.91 Å². The summed E-state index contributed by atoms with van der Waals surface area (Å²) in [6, 6.07) is 9.90. The average Bonchev–Trinajstić information content (AvgIpc) is 3.24. The van der Waals surface area contributed by atoms with Gasteiger partial charge in [-0.1, -0.05) is 66.5 Å². The summed E-state index contributed by atoms with van der Waals surface area (Å²) in [5.74, 6) is 0.00133. The molecule has 1 aromatic carbocycles. The first-order valence-corrected chi connectivity index (χ1v) is 9.62. The average molecular weight is 373 g/mol. The molecule has 2 heterocycles. The standard InChI is InChI=1S/C19H20N2O2S2/c22-17(20-12-4-5-13-20)11-14-21-18(23)16(25-19(21)24)10-6-9-15-7-2-1-3-8-15/h1-3,6-10H,4-5,11-14H2. The Labute approximate surface area is 157 Å². The molecule has 6 heteroatoms. The molecule has 0 unspecified atom stereocenters. The number of thioether (sulfide) groups is 1. The van der Waals surface area contributed by atoms with Gasteiger partial charge in [-0.15, -0.1) is 0 Å². The van der Waals surface area contributed by atoms with Crippen molar-refractivity contribution in [3.05, 3.63) is 53.0 Å². The third-order valence-electron chi connectivity index (χ3n) is 4.22. The first-order chi connectivity index (χ1) is 12.1. The SMILES string of the molecule is O=C(CCN1C(=O)C(=CC=Cc2ccccc2)SC1=S)N1CCCC1. The smallest absolute Gasteiger partial charge is 0.266 e. The molecule has 2 aliphatic rings. The van der Waals surface area contributed by atoms with Gasteiger partial charge in [0.25, 0.3) is 5.91 Å². The predicted octanol–water partition coefficient (Wildman–Crippen LogP) is 3.46. The summed E-state index contributed by atoms with van der Waals surface area (Å²) in [7, 11) is 0. The third-order valence-corrected chi connectivity index (χ3v) is 5.61. The number of likely N-dealkylation sites (tertiary alicyclic amines) is 1. The van der Waals surface area contributed by atoms with Crippen LogP contribution >= 0.6 is 24.0 Å². The van der Waals surface area contributed by atoms with Crippen LogP contribution in [0.25, 0.3) is 6.08 Å². The number of carbonyl (C=O) groups excluding carboxylic acids is 2. The van der Waals surface area contributed by atoms with E-state index in [2.05, 4.69) is 0 Å². The molecule has 2 amide bonds. The topological polar surface area (TPSA) is 40.6 Å². The van der Waals surface area contributed by atoms with Crippen LogP contribution in [0.3, 0.4) is 0 Å². The molecule has 4 nitrogen and oxygen atoms in total. The van der Waals surface area contributed by atoms with Crippen LogP contribution in [0, 0.1) is 0 Å². The molecule has 0 aromatic heterocycles. The van der Waals surface area contributed by atoms with E-state index in [1.165, 1.54) is 16.7 Å². The number of allylic oxidation sites excluding steroid dienone is 2. The molecule has 2 aliphatic heterocycles. The van der Waals surface area contributed by atoms with E-state index in [1.807, 2.05) is 47.4 Å². The number of thiocarbonyl (C=S) groups is 1. The van der Waals surface area contributed by atoms with Crippen molar-refractivity contribution in [3.63, 3.8) is 0 Å². The summed E-state index contributed by atoms with van der Waals surface area (Å²) < 4.78 is 0.526. The van der Waals surface area contributed by atoms with E-state index in [4.69, 9.17) is 12.2 Å². The molecule has 0 atom stereocenters. The van der Waals surface area contributed by atoms with Gasteiger partial charge < -0.3 is 4.90 Å². The Hall–Kier alpha value is -1.92. The quantitative estimate of drug-likeness (QED) is 0.586. The zero-order valence-corrected chi connectivity index (χ0v) is 15.5. The Bertz CT molecular complexity index is 722. The van der Waals surface area contributed by atoms with Gasteiger partial charge in [-0.05, 0) is 24.5 Å². The molecule has 0 bridgehead atoms. The lowest BCUT2D eigenvalue weighted by Crippen LogP contribution is -2.34. The minimum Gasteiger partial charge on any atom is -0.343 e. The van der Waals surface area contributed by atoms with Gasteiger partial charge in [-0.25, -0.2) is 0 Å². The second-order valence-corrected chi connectivity index (χ2v) is 7.64. The lowest BCUT2D eigenvalue weighted by atomic mass is 10.2. The van der Waals surface area contributed by atoms with Crippen LogP contribution in [0.5, 0.6) is 0 Å². The second kappa shape index (κ2) is 8.45. The Morgan fingerprint density at radius 2 is 1.92 bits per heavy atom. The van der Waals surface area contributed by atoms with E-state index in [-0.39, 0.29) is 11.8 Å². The third kappa shape index (κ3) is 4.58. The van der Waals surface area contributed by atoms with Gasteiger partial charge in [0.1, 0.15) is 4.32 Å². The first-order valence-electron chi connectivity index (χ1n) is 8.40. The predicted molar refractivity (Wildman–Crippen MR) is 106 cm³/mol. The summed E-state index contributed by atoms with van der Waals surface area (Å²) in [4.78, 5) is 28.6. The fourth-order valence-electron chi connectivity index (χ4n) is 2.85. The molecule has 3 rings (SSSR count). The minimum atomic E-state index is -0.109. The zero-order valence-electron chi connectivity index (χ0n) is 13.9. The van der Waals surface area contributed by atoms with Crippen LogP contribution < -0.4 is 0 Å². The van der Waals surface area contributed by atoms with E-state index in [0.717, 1.165) is 31.5 Å². The molecule has 2 fully saturated rings. The van der Waals surface area contributed by atoms with Crippen LogP contribution in [-0.2, 0) is 9.59 Å². The highest BCUT2D eigenvalue weighted by Crippen LogP contribution is 2.31. The van der Waals surface area contributed by atoms with Crippen molar-refractivity contribution in [2.75, 3.05) is 19.6 Å². The number of hydrogen-bond acceptors (Lipinski definition) is 4. The van der Waals surface area contributed by atoms with Crippen molar-refractivity contribution in [1.82, 2.24) is 9.80 Å². The molecule has 130 valence electrons. The van der Waals surface area contributed by atoms with Gasteiger partial charge in [-0.2, -0.15) is 0 Å². The highest BCUT2D eigenvalue weighted by molar-refractivity contribution is 8.26. The molecule has 25 heavy (non-hydrogen) atoms. The minimum absolute atomic E-state index is 0.109. The number of nitrogens with zero attached hydrogens (tertiary/aromatic N) is 2. The van der Waals surface area contributed by atoms with Crippen molar-refractivity contribution in [1.29, 1.82) is 0 Å². The molecule has 0 radical (unpaired) electrons. The lowest BCUT2D eigenvalue weighted by molar-refractivity contribution is -0.130. The number of hydrogen-bond donors (Lipinski definition) is 0. The van der Waals surface area contributed by atoms with E-state index in [9.17, 15) is 9.59 Å². The fourth-order valence-corrected chi connectivity index (χ4v) is 4.11. The normalized spacial score (nSPS) is 19.6. The Morgan fingerprint density at radius 3 is 2.64 bits per heavy atom. The molecule has 0 N–H and O–H groups in total. The van der Waals surface area contributed by atoms with Crippen LogP contribution in [0.4, 0.5) is 0 Å². The zero-order chi connectivity index (χ0) is 17.6. The molecule has 0 aliphatic carbocycles. The van der Waals surface area contributed by atoms with E-state index >= 15 is 0 Å². The number of rotatable bonds is 5. The lowest BCUT2D eigenvalue weighted by Gasteiger charge is -2.18. The highest BCUT2D eigenvalue weighted by atomic mass is 32.2. The number of benzene rings is 1. The molecular weight excluding hydrogens is 352 g/mol. The fraction of sp³-hybridized carbons (Fsp3) is 0.316. The Balaban J connectivity index is 1.57. The van der Waals surface area contributed by atoms with E-state index < -0.39 is 0 Å². The highest BCUT2D eigenvalue weighted by Gasteiger charge is 2.32. The maximum Gasteiger partial charge on any atom is 0.266 e. The van der Waals surface area contributed by atoms with E-state index in [1.54, 1.807) is 6.08 Å². The monoisotopic (exact) mass is 372 g/mol. The molecular formula is C19H20N2O2S2. The van der Waals surface area contributed by atoms with Crippen LogP contribution in [0.15, 0.2) is 47.4 Å². The number of amides is 2. The largest absolute Gasteiger partial charge is 0.343 e. The summed E-state index contributed by atoms with van der Waals surface area (Å²) in [6.07, 6.45) is 8.07. The van der Waals surface area contributed by atoms with Crippen molar-refractivity contribution < 1.29 is 9.59 Å². The van der Waals surface area contributed by atoms with Gasteiger partial charge in [0.15, 0.2) is 0 Å². The Morgan fingerprint density at radius 1 is 1.20 bits per heavy atom. The van der Waals surface area contributed by atoms with Crippen molar-refractivity contribution in [2.24, 2.45) is 0 Å². The maximum atomic E-state index is 12.5. The van der Waals surface area contributed by atoms with Crippen molar-refractivity contribution in [2.45, 2.75) is 19.3 Å². The summed E-state index contributed by atoms with van der Waals surface area (Å²) in [6.45, 7) is 2.03. The van der Waals surface area contributed by atoms with Gasteiger partial charge in [0.05, 0.1) is 4.91 Å². The van der Waals surface area contributed by atoms with Crippen LogP contribution in [0.2, 0.25) is 0 Å². The Kier molecular flexibility index (Phi) is 6.04. The summed E-state index contributed by atoms with van der Waals surface area (Å²) >= 11 is 6.60. The first kappa shape index (κ1) is 17.9. The summed E-state index contributed by atoms with van der Waals surface area (Å²) in [5, 5.41) is 0. The van der Waals surface area contributed by atoms with Crippen molar-refractivity contribution >= 4 is 46.2 Å². The van der Waals surface area contributed by atoms with Gasteiger partial charge in [0, 0.05) is 26.1 Å². The molecule has 1 aromatic rings. The van der Waals surface area contributed by atoms with Crippen LogP contribution in [-0.4, -0.2) is 45.6 Å². The van der Waals surface area contributed by atoms with Gasteiger partial charge >= 0.3 is 0 Å². The maximum absolute atomic E-state index is 12.5. The van der Waals surface area contributed by atoms with Crippen molar-refractivity contribution in [3.8, 4) is 0 Å². The van der Waals surface area contributed by atoms with Gasteiger partial charge in [-0.3, -0.25) is 14.5 Å². The second-order valence-electron chi connectivity index (χ2n) is 5.96. The molecule has 0 spiro atoms. The van der Waals surface area contributed by atoms with Crippen LogP contribution in [0.1, 0.15) is 24.8 Å². The summed E-state index contributed by atoms with van der Waals surface area (Å²) in [5.41, 5.74) is 1.07.